The van der Waals surface area contributed by atoms with Crippen molar-refractivity contribution < 1.29 is 19.7 Å². The number of rotatable bonds is 0. The number of benzene rings is 1. The zero-order chi connectivity index (χ0) is 10.3. The van der Waals surface area contributed by atoms with Crippen molar-refractivity contribution >= 4 is 11.0 Å². The molecule has 3 N–H and O–H groups in total. The summed E-state index contributed by atoms with van der Waals surface area (Å²) in [5, 5.41) is 27.9. The zero-order valence-corrected chi connectivity index (χ0v) is 6.89. The van der Waals surface area contributed by atoms with Gasteiger partial charge in [-0.25, -0.2) is 4.79 Å². The second-order valence-electron chi connectivity index (χ2n) is 2.76. The molecule has 0 saturated carbocycles. The van der Waals surface area contributed by atoms with E-state index >= 15 is 0 Å². The normalized spacial score (nSPS) is 10.6. The highest BCUT2D eigenvalue weighted by Crippen LogP contribution is 2.38. The molecule has 0 aliphatic heterocycles. The van der Waals surface area contributed by atoms with E-state index in [2.05, 4.69) is 4.42 Å². The minimum atomic E-state index is -0.669. The minimum absolute atomic E-state index is 0.167. The average molecular weight is 194 g/mol. The smallest absolute Gasteiger partial charge is 0.336 e. The van der Waals surface area contributed by atoms with Crippen molar-refractivity contribution in [3.05, 3.63) is 28.6 Å². The highest BCUT2D eigenvalue weighted by Gasteiger charge is 2.12. The van der Waals surface area contributed by atoms with E-state index in [1.165, 1.54) is 6.07 Å². The van der Waals surface area contributed by atoms with Crippen LogP contribution in [-0.2, 0) is 0 Å². The summed E-state index contributed by atoms with van der Waals surface area (Å²) in [5.74, 6) is -1.36. The van der Waals surface area contributed by atoms with Gasteiger partial charge in [0.1, 0.15) is 5.75 Å². The molecule has 0 saturated heterocycles. The van der Waals surface area contributed by atoms with Gasteiger partial charge in [-0.05, 0) is 6.07 Å². The Bertz CT molecular complexity index is 555. The molecule has 0 radical (unpaired) electrons. The van der Waals surface area contributed by atoms with Gasteiger partial charge >= 0.3 is 5.63 Å². The monoisotopic (exact) mass is 194 g/mol. The topological polar surface area (TPSA) is 90.9 Å². The van der Waals surface area contributed by atoms with E-state index in [1.54, 1.807) is 0 Å². The Balaban J connectivity index is 3.02. The first-order valence-corrected chi connectivity index (χ1v) is 3.77. The molecule has 1 aromatic heterocycles. The SMILES string of the molecule is O=c1ccc2c(O)cc(O)c(O)c2o1. The standard InChI is InChI=1S/C9H6O5/c10-5-3-6(11)8(13)9-4(5)1-2-7(12)14-9/h1-3,10-11,13H. The summed E-state index contributed by atoms with van der Waals surface area (Å²) in [6.45, 7) is 0. The Labute approximate surface area is 77.5 Å². The summed E-state index contributed by atoms with van der Waals surface area (Å²) in [6.07, 6.45) is 0. The van der Waals surface area contributed by atoms with E-state index in [1.807, 2.05) is 0 Å². The van der Waals surface area contributed by atoms with Crippen LogP contribution in [-0.4, -0.2) is 15.3 Å². The third-order valence-electron chi connectivity index (χ3n) is 1.84. The van der Waals surface area contributed by atoms with Crippen LogP contribution in [0, 0.1) is 0 Å². The van der Waals surface area contributed by atoms with Gasteiger partial charge in [-0.1, -0.05) is 0 Å². The average Bonchev–Trinajstić information content (AvgIpc) is 2.14. The van der Waals surface area contributed by atoms with Gasteiger partial charge in [0.25, 0.3) is 0 Å². The fourth-order valence-corrected chi connectivity index (χ4v) is 1.19. The molecular weight excluding hydrogens is 188 g/mol. The molecule has 72 valence electrons. The van der Waals surface area contributed by atoms with Crippen molar-refractivity contribution in [2.24, 2.45) is 0 Å². The Morgan fingerprint density at radius 3 is 2.50 bits per heavy atom. The van der Waals surface area contributed by atoms with Crippen LogP contribution in [0.1, 0.15) is 0 Å². The Kier molecular flexibility index (Phi) is 1.60. The maximum Gasteiger partial charge on any atom is 0.336 e. The first-order valence-electron chi connectivity index (χ1n) is 3.77. The minimum Gasteiger partial charge on any atom is -0.507 e. The van der Waals surface area contributed by atoms with Crippen LogP contribution in [0.2, 0.25) is 0 Å². The maximum absolute atomic E-state index is 10.8. The number of phenolic OH excluding ortho intramolecular Hbond substituents is 3. The number of phenols is 3. The van der Waals surface area contributed by atoms with E-state index in [4.69, 9.17) is 5.11 Å². The van der Waals surface area contributed by atoms with Crippen LogP contribution >= 0.6 is 0 Å². The van der Waals surface area contributed by atoms with Crippen LogP contribution in [0.15, 0.2) is 27.4 Å². The zero-order valence-electron chi connectivity index (χ0n) is 6.89. The van der Waals surface area contributed by atoms with E-state index in [0.29, 0.717) is 0 Å². The molecule has 5 heteroatoms. The summed E-state index contributed by atoms with van der Waals surface area (Å²) < 4.78 is 4.63. The van der Waals surface area contributed by atoms with Gasteiger partial charge < -0.3 is 19.7 Å². The Morgan fingerprint density at radius 1 is 1.07 bits per heavy atom. The lowest BCUT2D eigenvalue weighted by Gasteiger charge is -2.03. The van der Waals surface area contributed by atoms with E-state index in [0.717, 1.165) is 12.1 Å². The summed E-state index contributed by atoms with van der Waals surface area (Å²) in [7, 11) is 0. The molecule has 1 heterocycles. The van der Waals surface area contributed by atoms with E-state index < -0.39 is 17.1 Å². The fourth-order valence-electron chi connectivity index (χ4n) is 1.19. The fraction of sp³-hybridized carbons (Fsp3) is 0. The molecule has 0 amide bonds. The molecule has 5 nitrogen and oxygen atoms in total. The van der Waals surface area contributed by atoms with Gasteiger partial charge in [0.05, 0.1) is 5.39 Å². The van der Waals surface area contributed by atoms with E-state index in [-0.39, 0.29) is 16.7 Å². The van der Waals surface area contributed by atoms with Crippen molar-refractivity contribution in [2.45, 2.75) is 0 Å². The lowest BCUT2D eigenvalue weighted by atomic mass is 10.2. The molecule has 0 spiro atoms. The number of aromatic hydroxyl groups is 3. The molecule has 0 unspecified atom stereocenters. The summed E-state index contributed by atoms with van der Waals surface area (Å²) in [4.78, 5) is 10.8. The van der Waals surface area contributed by atoms with Crippen molar-refractivity contribution in [1.82, 2.24) is 0 Å². The molecule has 2 rings (SSSR count). The number of fused-ring (bicyclic) bond motifs is 1. The highest BCUT2D eigenvalue weighted by atomic mass is 16.4. The van der Waals surface area contributed by atoms with Gasteiger partial charge in [-0.2, -0.15) is 0 Å². The molecule has 0 atom stereocenters. The van der Waals surface area contributed by atoms with E-state index in [9.17, 15) is 15.0 Å². The van der Waals surface area contributed by atoms with Crippen LogP contribution in [0.3, 0.4) is 0 Å². The van der Waals surface area contributed by atoms with Gasteiger partial charge in [0.2, 0.25) is 5.75 Å². The molecule has 0 fully saturated rings. The summed E-state index contributed by atoms with van der Waals surface area (Å²) in [6, 6.07) is 3.38. The van der Waals surface area contributed by atoms with Crippen LogP contribution in [0.5, 0.6) is 17.2 Å². The molecule has 14 heavy (non-hydrogen) atoms. The molecule has 0 aliphatic rings. The van der Waals surface area contributed by atoms with Gasteiger partial charge in [0, 0.05) is 12.1 Å². The van der Waals surface area contributed by atoms with Crippen molar-refractivity contribution in [3.8, 4) is 17.2 Å². The predicted molar refractivity (Wildman–Crippen MR) is 47.5 cm³/mol. The summed E-state index contributed by atoms with van der Waals surface area (Å²) in [5.41, 5.74) is -0.896. The largest absolute Gasteiger partial charge is 0.507 e. The molecule has 2 aromatic rings. The Morgan fingerprint density at radius 2 is 1.79 bits per heavy atom. The van der Waals surface area contributed by atoms with Gasteiger partial charge in [-0.15, -0.1) is 0 Å². The third-order valence-corrected chi connectivity index (χ3v) is 1.84. The quantitative estimate of drug-likeness (QED) is 0.329. The molecule has 1 aromatic carbocycles. The van der Waals surface area contributed by atoms with Crippen molar-refractivity contribution in [1.29, 1.82) is 0 Å². The first-order chi connectivity index (χ1) is 6.59. The van der Waals surface area contributed by atoms with Crippen LogP contribution in [0.4, 0.5) is 0 Å². The summed E-state index contributed by atoms with van der Waals surface area (Å²) >= 11 is 0. The van der Waals surface area contributed by atoms with Crippen LogP contribution < -0.4 is 5.63 Å². The molecule has 0 bridgehead atoms. The van der Waals surface area contributed by atoms with Crippen molar-refractivity contribution in [3.63, 3.8) is 0 Å². The maximum atomic E-state index is 10.8. The lowest BCUT2D eigenvalue weighted by molar-refractivity contribution is 0.391. The second-order valence-corrected chi connectivity index (χ2v) is 2.76. The van der Waals surface area contributed by atoms with Gasteiger partial charge in [0.15, 0.2) is 11.3 Å². The third kappa shape index (κ3) is 1.06. The predicted octanol–water partition coefficient (Wildman–Crippen LogP) is 0.910. The first kappa shape index (κ1) is 8.43. The number of hydrogen-bond acceptors (Lipinski definition) is 5. The van der Waals surface area contributed by atoms with Crippen molar-refractivity contribution in [2.75, 3.05) is 0 Å². The molecular formula is C9H6O5. The number of hydrogen-bond donors (Lipinski definition) is 3. The highest BCUT2D eigenvalue weighted by molar-refractivity contribution is 5.90. The lowest BCUT2D eigenvalue weighted by Crippen LogP contribution is -1.94. The molecule has 0 aliphatic carbocycles. The van der Waals surface area contributed by atoms with Crippen LogP contribution in [0.25, 0.3) is 11.0 Å². The van der Waals surface area contributed by atoms with Gasteiger partial charge in [-0.3, -0.25) is 0 Å². The second kappa shape index (κ2) is 2.66. The Hall–Kier alpha value is -2.17.